The molecular weight excluding hydrogens is 768 g/mol. The standard InChI is InChI=1S/C31H29BNO2.C11H8N.Ir/c1-20(15-17-31(2,3)4)21-16-18-33-25(19-21)22-9-7-11-24-30(22)35-28-14-8-13-27-29(28)32(24)23-10-5-6-12-26(23)34-27;1-2-6-10(7-3-1)11-8-4-5-9-12-11;/h5-8,10-14,16,18-20H,15,17H2,1-4H3;1-6,8-9H;/q2*-1;/i1D3,17D2;;. The molecule has 0 aliphatic carbocycles. The van der Waals surface area contributed by atoms with Crippen LogP contribution in [0.5, 0.6) is 23.0 Å². The van der Waals surface area contributed by atoms with Crippen molar-refractivity contribution in [1.29, 1.82) is 0 Å². The van der Waals surface area contributed by atoms with E-state index in [4.69, 9.17) is 16.3 Å². The van der Waals surface area contributed by atoms with Gasteiger partial charge in [-0.2, -0.15) is 0 Å². The molecule has 2 aliphatic rings. The molecule has 1 radical (unpaired) electrons. The molecule has 0 saturated heterocycles. The van der Waals surface area contributed by atoms with Crippen molar-refractivity contribution in [3.05, 3.63) is 139 Å². The molecule has 0 N–H and O–H groups in total. The molecule has 4 nitrogen and oxygen atoms in total. The summed E-state index contributed by atoms with van der Waals surface area (Å²) in [5, 5.41) is 0. The molecule has 0 fully saturated rings. The molecular formula is C42H37BIrN2O2-2. The summed E-state index contributed by atoms with van der Waals surface area (Å²) in [5.41, 5.74) is 5.92. The van der Waals surface area contributed by atoms with Gasteiger partial charge in [-0.1, -0.05) is 81.2 Å². The maximum atomic E-state index is 8.64. The predicted molar refractivity (Wildman–Crippen MR) is 192 cm³/mol. The molecule has 2 aromatic heterocycles. The molecule has 1 atom stereocenters. The van der Waals surface area contributed by atoms with Gasteiger partial charge in [-0.15, -0.1) is 59.6 Å². The van der Waals surface area contributed by atoms with Crippen LogP contribution in [0.1, 0.15) is 58.8 Å². The molecule has 6 aromatic rings. The van der Waals surface area contributed by atoms with Gasteiger partial charge in [-0.05, 0) is 71.3 Å². The summed E-state index contributed by atoms with van der Waals surface area (Å²) in [6.45, 7) is 2.88. The van der Waals surface area contributed by atoms with E-state index in [1.54, 1.807) is 45.3 Å². The Kier molecular flexibility index (Phi) is 8.18. The minimum absolute atomic E-state index is 0. The Bertz CT molecular complexity index is 2180. The van der Waals surface area contributed by atoms with Crippen molar-refractivity contribution in [3.8, 4) is 45.5 Å². The van der Waals surface area contributed by atoms with Crippen molar-refractivity contribution < 1.29 is 36.4 Å². The Hall–Kier alpha value is -4.51. The summed E-state index contributed by atoms with van der Waals surface area (Å²) in [7, 11) is 0. The number of nitrogens with zero attached hydrogens (tertiary/aromatic N) is 2. The molecule has 4 aromatic carbocycles. The van der Waals surface area contributed by atoms with Crippen LogP contribution < -0.4 is 25.9 Å². The third-order valence-corrected chi connectivity index (χ3v) is 8.20. The second kappa shape index (κ2) is 14.3. The van der Waals surface area contributed by atoms with Crippen molar-refractivity contribution in [3.63, 3.8) is 0 Å². The number of hydrogen-bond acceptors (Lipinski definition) is 4. The van der Waals surface area contributed by atoms with Crippen LogP contribution in [0.3, 0.4) is 0 Å². The maximum Gasteiger partial charge on any atom is 0.241 e. The Morgan fingerprint density at radius 3 is 2.31 bits per heavy atom. The second-order valence-electron chi connectivity index (χ2n) is 12.6. The van der Waals surface area contributed by atoms with Crippen LogP contribution in [0.2, 0.25) is 0 Å². The number of hydrogen-bond donors (Lipinski definition) is 0. The number of para-hydroxylation sites is 1. The molecule has 8 rings (SSSR count). The van der Waals surface area contributed by atoms with E-state index in [1.165, 1.54) is 0 Å². The predicted octanol–water partition coefficient (Wildman–Crippen LogP) is 8.75. The van der Waals surface area contributed by atoms with Crippen LogP contribution in [0.4, 0.5) is 0 Å². The fourth-order valence-corrected chi connectivity index (χ4v) is 5.93. The van der Waals surface area contributed by atoms with Crippen LogP contribution in [0.25, 0.3) is 22.5 Å². The number of benzene rings is 4. The number of rotatable bonds is 5. The zero-order valence-corrected chi connectivity index (χ0v) is 29.3. The van der Waals surface area contributed by atoms with Crippen molar-refractivity contribution in [1.82, 2.24) is 9.97 Å². The van der Waals surface area contributed by atoms with E-state index < -0.39 is 24.6 Å². The fourth-order valence-electron chi connectivity index (χ4n) is 5.93. The Labute approximate surface area is 305 Å². The monoisotopic (exact) mass is 810 g/mol. The van der Waals surface area contributed by atoms with Crippen LogP contribution in [-0.4, -0.2) is 16.7 Å². The number of pyridine rings is 2. The number of aromatic nitrogens is 2. The van der Waals surface area contributed by atoms with Gasteiger partial charge in [0.2, 0.25) is 6.71 Å². The summed E-state index contributed by atoms with van der Waals surface area (Å²) >= 11 is 0. The van der Waals surface area contributed by atoms with Crippen molar-refractivity contribution >= 4 is 23.1 Å². The SMILES string of the molecule is [2H]C([2H])([2H])C(CC([2H])([2H])C(C)(C)C)c1ccnc(-c2[c-]ccc3c2Oc2cccc4c2B3c2ccccc2O4)c1.[Ir].[c-]1ccccc1-c1ccccn1. The minimum Gasteiger partial charge on any atom is -0.503 e. The third-order valence-electron chi connectivity index (χ3n) is 8.20. The van der Waals surface area contributed by atoms with Gasteiger partial charge in [-0.25, -0.2) is 0 Å². The summed E-state index contributed by atoms with van der Waals surface area (Å²) in [6, 6.07) is 41.1. The summed E-state index contributed by atoms with van der Waals surface area (Å²) in [4.78, 5) is 8.81. The smallest absolute Gasteiger partial charge is 0.241 e. The second-order valence-corrected chi connectivity index (χ2v) is 12.6. The Morgan fingerprint density at radius 1 is 0.771 bits per heavy atom. The number of fused-ring (bicyclic) bond motifs is 4. The van der Waals surface area contributed by atoms with E-state index in [0.29, 0.717) is 28.3 Å². The molecule has 0 amide bonds. The molecule has 1 unspecified atom stereocenters. The summed E-state index contributed by atoms with van der Waals surface area (Å²) in [5.74, 6) is 1.87. The first-order valence-electron chi connectivity index (χ1n) is 18.3. The van der Waals surface area contributed by atoms with Crippen molar-refractivity contribution in [2.75, 3.05) is 0 Å². The van der Waals surface area contributed by atoms with E-state index >= 15 is 0 Å². The average molecular weight is 810 g/mol. The van der Waals surface area contributed by atoms with Crippen LogP contribution >= 0.6 is 0 Å². The van der Waals surface area contributed by atoms with E-state index in [0.717, 1.165) is 39.1 Å². The number of ether oxygens (including phenoxy) is 2. The van der Waals surface area contributed by atoms with Gasteiger partial charge in [0.15, 0.2) is 0 Å². The third kappa shape index (κ3) is 7.01. The summed E-state index contributed by atoms with van der Waals surface area (Å²) in [6.07, 6.45) is 1.53. The van der Waals surface area contributed by atoms with Gasteiger partial charge in [0.05, 0.1) is 0 Å². The quantitative estimate of drug-likeness (QED) is 0.129. The molecule has 0 saturated carbocycles. The molecule has 6 heteroatoms. The maximum absolute atomic E-state index is 8.64. The van der Waals surface area contributed by atoms with E-state index in [2.05, 4.69) is 28.2 Å². The van der Waals surface area contributed by atoms with Gasteiger partial charge in [0, 0.05) is 50.6 Å². The fraction of sp³-hybridized carbons (Fsp3) is 0.190. The normalized spacial score (nSPS) is 14.9. The Balaban J connectivity index is 0.000000313. The molecule has 241 valence electrons. The first-order valence-corrected chi connectivity index (χ1v) is 15.8. The Morgan fingerprint density at radius 2 is 1.54 bits per heavy atom. The van der Waals surface area contributed by atoms with E-state index in [-0.39, 0.29) is 33.2 Å². The van der Waals surface area contributed by atoms with Gasteiger partial charge >= 0.3 is 0 Å². The largest absolute Gasteiger partial charge is 0.503 e. The van der Waals surface area contributed by atoms with Crippen LogP contribution in [0, 0.1) is 17.5 Å². The van der Waals surface area contributed by atoms with E-state index in [1.807, 2.05) is 91.0 Å². The first-order chi connectivity index (χ1) is 24.8. The van der Waals surface area contributed by atoms with Crippen LogP contribution in [-0.2, 0) is 20.1 Å². The zero-order valence-electron chi connectivity index (χ0n) is 32.0. The molecule has 0 spiro atoms. The average Bonchev–Trinajstić information content (AvgIpc) is 3.14. The van der Waals surface area contributed by atoms with Gasteiger partial charge < -0.3 is 19.4 Å². The molecule has 4 heterocycles. The summed E-state index contributed by atoms with van der Waals surface area (Å²) < 4.78 is 54.8. The van der Waals surface area contributed by atoms with Gasteiger partial charge in [0.1, 0.15) is 17.2 Å². The first kappa shape index (κ1) is 27.4. The van der Waals surface area contributed by atoms with Gasteiger partial charge in [-0.3, -0.25) is 0 Å². The van der Waals surface area contributed by atoms with Crippen LogP contribution in [0.15, 0.2) is 122 Å². The molecule has 48 heavy (non-hydrogen) atoms. The minimum atomic E-state index is -2.39. The van der Waals surface area contributed by atoms with Gasteiger partial charge in [0.25, 0.3) is 0 Å². The molecule has 2 aliphatic heterocycles. The zero-order chi connectivity index (χ0) is 36.7. The topological polar surface area (TPSA) is 44.2 Å². The van der Waals surface area contributed by atoms with Crippen molar-refractivity contribution in [2.24, 2.45) is 5.41 Å². The van der Waals surface area contributed by atoms with E-state index in [9.17, 15) is 0 Å². The van der Waals surface area contributed by atoms with Crippen molar-refractivity contribution in [2.45, 2.75) is 46.3 Å². The molecule has 0 bridgehead atoms.